The van der Waals surface area contributed by atoms with E-state index in [0.29, 0.717) is 17.0 Å². The van der Waals surface area contributed by atoms with Gasteiger partial charge in [-0.15, -0.1) is 0 Å². The quantitative estimate of drug-likeness (QED) is 0.560. The second-order valence-corrected chi connectivity index (χ2v) is 8.82. The first-order valence-electron chi connectivity index (χ1n) is 11.4. The predicted molar refractivity (Wildman–Crippen MR) is 128 cm³/mol. The molecular weight excluding hydrogens is 396 g/mol. The number of rotatable bonds is 6. The van der Waals surface area contributed by atoms with E-state index in [4.69, 9.17) is 4.99 Å². The van der Waals surface area contributed by atoms with Gasteiger partial charge in [-0.05, 0) is 49.0 Å². The van der Waals surface area contributed by atoms with E-state index in [9.17, 15) is 9.90 Å². The van der Waals surface area contributed by atoms with Crippen LogP contribution in [0.3, 0.4) is 0 Å². The van der Waals surface area contributed by atoms with E-state index in [1.54, 1.807) is 18.3 Å². The molecule has 4 nitrogen and oxygen atoms in total. The lowest BCUT2D eigenvalue weighted by molar-refractivity contribution is 0.0215. The minimum absolute atomic E-state index is 0.129. The van der Waals surface area contributed by atoms with Gasteiger partial charge in [0.25, 0.3) is 0 Å². The molecule has 0 radical (unpaired) electrons. The maximum Gasteiger partial charge on any atom is 0.336 e. The summed E-state index contributed by atoms with van der Waals surface area (Å²) in [5, 5.41) is 9.58. The Kier molecular flexibility index (Phi) is 5.87. The third kappa shape index (κ3) is 3.98. The topological polar surface area (TPSA) is 52.9 Å². The molecule has 2 atom stereocenters. The SMILES string of the molecule is O=C(O)c1ccccc1C=N[C@@H]1C2CCN(CC2)[C@H]1C(c1ccccc1)c1ccccc1. The standard InChI is InChI=1S/C28H28N2O2/c31-28(32)24-14-8-7-13-23(24)19-29-26-22-15-17-30(18-16-22)27(26)25(20-9-3-1-4-10-20)21-11-5-2-6-12-21/h1-14,19,22,25-27H,15-18H2,(H,31,32)/t26-,27+/m1/s1. The summed E-state index contributed by atoms with van der Waals surface area (Å²) in [7, 11) is 0. The van der Waals surface area contributed by atoms with Crippen LogP contribution in [0.5, 0.6) is 0 Å². The first-order valence-corrected chi connectivity index (χ1v) is 11.4. The van der Waals surface area contributed by atoms with E-state index in [-0.39, 0.29) is 18.0 Å². The van der Waals surface area contributed by atoms with Gasteiger partial charge in [-0.25, -0.2) is 4.79 Å². The van der Waals surface area contributed by atoms with Crippen molar-refractivity contribution in [2.24, 2.45) is 10.9 Å². The number of nitrogens with zero attached hydrogens (tertiary/aromatic N) is 2. The van der Waals surface area contributed by atoms with Crippen molar-refractivity contribution in [1.82, 2.24) is 4.90 Å². The van der Waals surface area contributed by atoms with Crippen molar-refractivity contribution in [2.45, 2.75) is 30.8 Å². The lowest BCUT2D eigenvalue weighted by Crippen LogP contribution is -2.59. The molecule has 0 unspecified atom stereocenters. The third-order valence-corrected chi connectivity index (χ3v) is 7.06. The zero-order valence-corrected chi connectivity index (χ0v) is 18.0. The number of carbonyl (C=O) groups is 1. The molecule has 4 heteroatoms. The number of benzene rings is 3. The molecule has 0 aliphatic carbocycles. The number of hydrogen-bond acceptors (Lipinski definition) is 3. The Morgan fingerprint density at radius 2 is 1.44 bits per heavy atom. The summed E-state index contributed by atoms with van der Waals surface area (Å²) in [6.07, 6.45) is 4.10. The first kappa shape index (κ1) is 20.7. The normalized spacial score (nSPS) is 24.8. The van der Waals surface area contributed by atoms with Gasteiger partial charge in [-0.1, -0.05) is 78.9 Å². The van der Waals surface area contributed by atoms with Gasteiger partial charge in [0.05, 0.1) is 11.6 Å². The van der Waals surface area contributed by atoms with E-state index in [2.05, 4.69) is 65.6 Å². The molecule has 6 rings (SSSR count). The zero-order chi connectivity index (χ0) is 21.9. The van der Waals surface area contributed by atoms with Gasteiger partial charge in [-0.2, -0.15) is 0 Å². The van der Waals surface area contributed by atoms with Crippen LogP contribution in [0.25, 0.3) is 0 Å². The molecule has 3 fully saturated rings. The average Bonchev–Trinajstić information content (AvgIpc) is 2.85. The Hall–Kier alpha value is -3.24. The number of carboxylic acids is 1. The highest BCUT2D eigenvalue weighted by molar-refractivity contribution is 5.98. The average molecular weight is 425 g/mol. The van der Waals surface area contributed by atoms with Crippen LogP contribution < -0.4 is 0 Å². The van der Waals surface area contributed by atoms with Gasteiger partial charge >= 0.3 is 5.97 Å². The summed E-state index contributed by atoms with van der Waals surface area (Å²) in [6, 6.07) is 29.0. The molecule has 0 aromatic heterocycles. The van der Waals surface area contributed by atoms with Crippen molar-refractivity contribution >= 4 is 12.2 Å². The fourth-order valence-electron chi connectivity index (χ4n) is 5.55. The monoisotopic (exact) mass is 424 g/mol. The van der Waals surface area contributed by atoms with Crippen molar-refractivity contribution in [3.05, 3.63) is 107 Å². The van der Waals surface area contributed by atoms with E-state index in [1.165, 1.54) is 11.1 Å². The molecule has 32 heavy (non-hydrogen) atoms. The van der Waals surface area contributed by atoms with Crippen molar-refractivity contribution in [3.8, 4) is 0 Å². The van der Waals surface area contributed by atoms with Crippen LogP contribution in [0.4, 0.5) is 0 Å². The summed E-state index contributed by atoms with van der Waals surface area (Å²) >= 11 is 0. The molecule has 3 aromatic carbocycles. The van der Waals surface area contributed by atoms with E-state index in [1.807, 2.05) is 12.1 Å². The van der Waals surface area contributed by atoms with Gasteiger partial charge in [0.15, 0.2) is 0 Å². The van der Waals surface area contributed by atoms with Crippen LogP contribution >= 0.6 is 0 Å². The summed E-state index contributed by atoms with van der Waals surface area (Å²) in [5.41, 5.74) is 3.59. The minimum atomic E-state index is -0.913. The van der Waals surface area contributed by atoms with Gasteiger partial charge in [0.2, 0.25) is 0 Å². The fourth-order valence-corrected chi connectivity index (χ4v) is 5.55. The Balaban J connectivity index is 1.56. The first-order chi connectivity index (χ1) is 15.7. The molecule has 0 spiro atoms. The molecule has 1 N–H and O–H groups in total. The number of fused-ring (bicyclic) bond motifs is 3. The van der Waals surface area contributed by atoms with Gasteiger partial charge in [-0.3, -0.25) is 9.89 Å². The predicted octanol–water partition coefficient (Wildman–Crippen LogP) is 5.10. The van der Waals surface area contributed by atoms with Crippen molar-refractivity contribution in [3.63, 3.8) is 0 Å². The molecule has 0 amide bonds. The molecule has 0 saturated carbocycles. The Morgan fingerprint density at radius 1 is 0.875 bits per heavy atom. The molecule has 3 saturated heterocycles. The van der Waals surface area contributed by atoms with E-state index in [0.717, 1.165) is 25.9 Å². The van der Waals surface area contributed by atoms with Crippen LogP contribution in [0.15, 0.2) is 89.9 Å². The summed E-state index contributed by atoms with van der Waals surface area (Å²) in [5.74, 6) is -0.172. The number of piperidine rings is 3. The van der Waals surface area contributed by atoms with Gasteiger partial charge < -0.3 is 5.11 Å². The molecule has 3 aliphatic heterocycles. The summed E-state index contributed by atoms with van der Waals surface area (Å²) in [6.45, 7) is 2.20. The second-order valence-electron chi connectivity index (χ2n) is 8.82. The molecule has 162 valence electrons. The Labute approximate surface area is 189 Å². The van der Waals surface area contributed by atoms with Crippen LogP contribution in [0.2, 0.25) is 0 Å². The smallest absolute Gasteiger partial charge is 0.336 e. The van der Waals surface area contributed by atoms with Crippen molar-refractivity contribution in [2.75, 3.05) is 13.1 Å². The Morgan fingerprint density at radius 3 is 2.03 bits per heavy atom. The highest BCUT2D eigenvalue weighted by Crippen LogP contribution is 2.43. The molecule has 2 bridgehead atoms. The largest absolute Gasteiger partial charge is 0.478 e. The van der Waals surface area contributed by atoms with Crippen LogP contribution in [-0.4, -0.2) is 47.4 Å². The number of aromatic carboxylic acids is 1. The zero-order valence-electron chi connectivity index (χ0n) is 18.0. The lowest BCUT2D eigenvalue weighted by Gasteiger charge is -2.52. The number of aliphatic imine (C=N–C) groups is 1. The summed E-state index contributed by atoms with van der Waals surface area (Å²) < 4.78 is 0. The highest BCUT2D eigenvalue weighted by Gasteiger charge is 2.46. The second kappa shape index (κ2) is 9.09. The van der Waals surface area contributed by atoms with Crippen LogP contribution in [0, 0.1) is 5.92 Å². The lowest BCUT2D eigenvalue weighted by atomic mass is 9.71. The molecule has 3 heterocycles. The maximum absolute atomic E-state index is 11.7. The molecule has 3 aromatic rings. The van der Waals surface area contributed by atoms with Crippen molar-refractivity contribution < 1.29 is 9.90 Å². The number of hydrogen-bond donors (Lipinski definition) is 1. The van der Waals surface area contributed by atoms with E-state index < -0.39 is 5.97 Å². The molecular formula is C28H28N2O2. The van der Waals surface area contributed by atoms with Gasteiger partial charge in [0, 0.05) is 23.7 Å². The van der Waals surface area contributed by atoms with Crippen LogP contribution in [0.1, 0.15) is 45.8 Å². The maximum atomic E-state index is 11.7. The van der Waals surface area contributed by atoms with E-state index >= 15 is 0 Å². The summed E-state index contributed by atoms with van der Waals surface area (Å²) in [4.78, 5) is 19.4. The fraction of sp³-hybridized carbons (Fsp3) is 0.286. The third-order valence-electron chi connectivity index (χ3n) is 7.06. The Bertz CT molecular complexity index is 1050. The minimum Gasteiger partial charge on any atom is -0.478 e. The van der Waals surface area contributed by atoms with Crippen LogP contribution in [-0.2, 0) is 0 Å². The van der Waals surface area contributed by atoms with Crippen molar-refractivity contribution in [1.29, 1.82) is 0 Å². The molecule has 3 aliphatic rings. The number of carboxylic acid groups (broad SMARTS) is 1. The highest BCUT2D eigenvalue weighted by atomic mass is 16.4. The van der Waals surface area contributed by atoms with Gasteiger partial charge in [0.1, 0.15) is 0 Å².